The molecular weight excluding hydrogens is 633 g/mol. The number of likely N-dealkylation sites (tertiary alicyclic amines) is 1. The van der Waals surface area contributed by atoms with E-state index in [1.807, 2.05) is 0 Å². The Balaban J connectivity index is 1.15. The zero-order valence-electron chi connectivity index (χ0n) is 30.7. The summed E-state index contributed by atoms with van der Waals surface area (Å²) < 4.78 is 13.2. The molecule has 2 heterocycles. The highest BCUT2D eigenvalue weighted by molar-refractivity contribution is 5.78. The topological polar surface area (TPSA) is 59.1 Å². The van der Waals surface area contributed by atoms with Gasteiger partial charge in [0.05, 0.1) is 19.7 Å². The molecule has 6 heteroatoms. The van der Waals surface area contributed by atoms with Gasteiger partial charge in [-0.05, 0) is 80.2 Å². The van der Waals surface area contributed by atoms with Crippen molar-refractivity contribution in [1.82, 2.24) is 9.80 Å². The number of hydrogen-bond donors (Lipinski definition) is 0. The number of rotatable bonds is 13. The highest BCUT2D eigenvalue weighted by Gasteiger charge is 2.66. The van der Waals surface area contributed by atoms with E-state index in [-0.39, 0.29) is 35.2 Å². The largest absolute Gasteiger partial charge is 0.493 e. The van der Waals surface area contributed by atoms with Crippen molar-refractivity contribution in [2.24, 2.45) is 11.8 Å². The predicted octanol–water partition coefficient (Wildman–Crippen LogP) is 8.49. The first-order valence-corrected chi connectivity index (χ1v) is 20.0. The van der Waals surface area contributed by atoms with Crippen molar-refractivity contribution in [3.63, 3.8) is 0 Å². The van der Waals surface area contributed by atoms with Gasteiger partial charge < -0.3 is 14.4 Å². The highest BCUT2D eigenvalue weighted by Crippen LogP contribution is 2.64. The summed E-state index contributed by atoms with van der Waals surface area (Å²) in [6, 6.07) is 26.1. The molecule has 1 spiro atoms. The molecule has 1 amide bonds. The van der Waals surface area contributed by atoms with Gasteiger partial charge in [-0.1, -0.05) is 112 Å². The summed E-state index contributed by atoms with van der Waals surface area (Å²) >= 11 is 0. The molecule has 2 bridgehead atoms. The second kappa shape index (κ2) is 14.8. The number of benzene rings is 3. The Kier molecular flexibility index (Phi) is 9.98. The van der Waals surface area contributed by atoms with Crippen LogP contribution in [0.25, 0.3) is 0 Å². The van der Waals surface area contributed by atoms with Crippen LogP contribution in [0.2, 0.25) is 0 Å². The molecule has 3 aromatic rings. The van der Waals surface area contributed by atoms with E-state index in [4.69, 9.17) is 9.47 Å². The molecule has 6 nitrogen and oxygen atoms in total. The zero-order valence-corrected chi connectivity index (χ0v) is 30.7. The molecule has 2 aliphatic heterocycles. The van der Waals surface area contributed by atoms with Crippen molar-refractivity contribution in [2.75, 3.05) is 26.7 Å². The zero-order chi connectivity index (χ0) is 35.0. The van der Waals surface area contributed by atoms with Gasteiger partial charge in [0.25, 0.3) is 0 Å². The summed E-state index contributed by atoms with van der Waals surface area (Å²) in [6.45, 7) is 3.72. The van der Waals surface area contributed by atoms with E-state index >= 15 is 0 Å². The molecule has 3 aliphatic carbocycles. The monoisotopic (exact) mass is 688 g/mol. The van der Waals surface area contributed by atoms with Gasteiger partial charge in [0.1, 0.15) is 11.9 Å². The lowest BCUT2D eigenvalue weighted by Crippen LogP contribution is -2.69. The quantitative estimate of drug-likeness (QED) is 0.169. The van der Waals surface area contributed by atoms with Crippen molar-refractivity contribution in [3.8, 4) is 11.5 Å². The number of ketones is 1. The average molecular weight is 689 g/mol. The smallest absolute Gasteiger partial charge is 0.222 e. The fraction of sp³-hybridized carbons (Fsp3) is 0.556. The average Bonchev–Trinajstić information content (AvgIpc) is 3.51. The van der Waals surface area contributed by atoms with E-state index in [2.05, 4.69) is 82.6 Å². The van der Waals surface area contributed by atoms with E-state index in [1.54, 1.807) is 14.0 Å². The number of hydrogen-bond acceptors (Lipinski definition) is 5. The molecule has 8 rings (SSSR count). The Hall–Kier alpha value is -3.64. The van der Waals surface area contributed by atoms with Crippen molar-refractivity contribution in [3.05, 3.63) is 95.1 Å². The maximum atomic E-state index is 14.9. The van der Waals surface area contributed by atoms with E-state index < -0.39 is 0 Å². The molecule has 270 valence electrons. The molecule has 2 saturated carbocycles. The summed E-state index contributed by atoms with van der Waals surface area (Å²) in [6.07, 6.45) is 14.4. The van der Waals surface area contributed by atoms with Gasteiger partial charge in [-0.15, -0.1) is 0 Å². The lowest BCUT2D eigenvalue weighted by molar-refractivity contribution is -0.144. The van der Waals surface area contributed by atoms with E-state index in [0.717, 1.165) is 62.5 Å². The molecule has 5 atom stereocenters. The molecule has 5 aliphatic rings. The first-order chi connectivity index (χ1) is 25.0. The number of unbranched alkanes of at least 4 members (excludes halogenated alkanes) is 1. The van der Waals surface area contributed by atoms with E-state index in [0.29, 0.717) is 31.5 Å². The molecule has 0 aromatic heterocycles. The van der Waals surface area contributed by atoms with Gasteiger partial charge in [-0.3, -0.25) is 14.5 Å². The Bertz CT molecular complexity index is 1650. The number of amides is 1. The SMILES string of the molecule is COc1ccc2c3c1O[C@H]1[C@@H](N(CC(c4ccccc4)c4ccccc4)C(=O)CCCCC4CCCCC4)CC[C@H]4[C@@H](C2)N(CC(C)=O)CC[C@@]341. The van der Waals surface area contributed by atoms with Gasteiger partial charge in [0.2, 0.25) is 5.91 Å². The number of ether oxygens (including phenoxy) is 2. The van der Waals surface area contributed by atoms with Gasteiger partial charge in [0.15, 0.2) is 11.5 Å². The summed E-state index contributed by atoms with van der Waals surface area (Å²) in [5, 5.41) is 0. The molecule has 0 radical (unpaired) electrons. The summed E-state index contributed by atoms with van der Waals surface area (Å²) in [5.74, 6) is 3.46. The predicted molar refractivity (Wildman–Crippen MR) is 201 cm³/mol. The maximum absolute atomic E-state index is 14.9. The molecule has 1 saturated heterocycles. The summed E-state index contributed by atoms with van der Waals surface area (Å²) in [5.41, 5.74) is 4.94. The fourth-order valence-electron chi connectivity index (χ4n) is 11.3. The lowest BCUT2D eigenvalue weighted by Gasteiger charge is -2.60. The molecule has 3 aromatic carbocycles. The van der Waals surface area contributed by atoms with Crippen molar-refractivity contribution >= 4 is 11.7 Å². The normalized spacial score (nSPS) is 26.7. The van der Waals surface area contributed by atoms with Crippen molar-refractivity contribution in [1.29, 1.82) is 0 Å². The van der Waals surface area contributed by atoms with Crippen LogP contribution in [0.5, 0.6) is 11.5 Å². The summed E-state index contributed by atoms with van der Waals surface area (Å²) in [4.78, 5) is 32.1. The molecule has 0 N–H and O–H groups in total. The second-order valence-electron chi connectivity index (χ2n) is 16.3. The molecule has 0 unspecified atom stereocenters. The van der Waals surface area contributed by atoms with E-state index in [9.17, 15) is 9.59 Å². The van der Waals surface area contributed by atoms with Gasteiger partial charge in [0, 0.05) is 35.9 Å². The van der Waals surface area contributed by atoms with Crippen LogP contribution in [-0.2, 0) is 21.4 Å². The third-order valence-electron chi connectivity index (χ3n) is 13.5. The first kappa shape index (κ1) is 34.4. The number of carbonyl (C=O) groups excluding carboxylic acids is 2. The van der Waals surface area contributed by atoms with Crippen LogP contribution in [0.4, 0.5) is 0 Å². The molecule has 3 fully saturated rings. The van der Waals surface area contributed by atoms with Crippen LogP contribution >= 0.6 is 0 Å². The number of nitrogens with zero attached hydrogens (tertiary/aromatic N) is 2. The minimum atomic E-state index is -0.202. The second-order valence-corrected chi connectivity index (χ2v) is 16.3. The van der Waals surface area contributed by atoms with Gasteiger partial charge in [-0.25, -0.2) is 0 Å². The van der Waals surface area contributed by atoms with Crippen LogP contribution in [0, 0.1) is 11.8 Å². The van der Waals surface area contributed by atoms with Crippen LogP contribution in [0.15, 0.2) is 72.8 Å². The van der Waals surface area contributed by atoms with Crippen LogP contribution in [0.3, 0.4) is 0 Å². The first-order valence-electron chi connectivity index (χ1n) is 20.0. The van der Waals surface area contributed by atoms with Crippen molar-refractivity contribution in [2.45, 2.75) is 120 Å². The van der Waals surface area contributed by atoms with Gasteiger partial charge >= 0.3 is 0 Å². The minimum Gasteiger partial charge on any atom is -0.493 e. The van der Waals surface area contributed by atoms with Crippen molar-refractivity contribution < 1.29 is 19.1 Å². The lowest BCUT2D eigenvalue weighted by atomic mass is 9.51. The van der Waals surface area contributed by atoms with Gasteiger partial charge in [-0.2, -0.15) is 0 Å². The third kappa shape index (κ3) is 6.40. The Morgan fingerprint density at radius 1 is 0.922 bits per heavy atom. The Labute approximate surface area is 304 Å². The molecule has 51 heavy (non-hydrogen) atoms. The number of carbonyl (C=O) groups is 2. The standard InChI is InChI=1S/C45H56N2O4/c1-31(48)29-46-27-26-45-37-23-24-38(44(45)51-43-40(50-2)25-22-35(42(43)45)28-39(37)46)47(41(49)21-13-12-16-32-14-6-3-7-15-32)30-36(33-17-8-4-9-18-33)34-19-10-5-11-20-34/h4-5,8-11,17-20,22,25,32,36-39,44H,3,6-7,12-16,21,23-24,26-30H2,1-2H3/t37-,38-,39+,44-,45-/m0/s1. The van der Waals surface area contributed by atoms with Crippen LogP contribution in [-0.4, -0.2) is 66.4 Å². The maximum Gasteiger partial charge on any atom is 0.222 e. The number of piperidine rings is 1. The number of Topliss-reactive ketones (excluding diaryl/α,β-unsaturated/α-hetero) is 1. The minimum absolute atomic E-state index is 0.0508. The Morgan fingerprint density at radius 2 is 1.65 bits per heavy atom. The Morgan fingerprint density at radius 3 is 2.33 bits per heavy atom. The third-order valence-corrected chi connectivity index (χ3v) is 13.5. The fourth-order valence-corrected chi connectivity index (χ4v) is 11.3. The van der Waals surface area contributed by atoms with Crippen LogP contribution < -0.4 is 9.47 Å². The van der Waals surface area contributed by atoms with E-state index in [1.165, 1.54) is 60.8 Å². The summed E-state index contributed by atoms with van der Waals surface area (Å²) in [7, 11) is 1.74. The highest BCUT2D eigenvalue weighted by atomic mass is 16.5. The number of methoxy groups -OCH3 is 1. The van der Waals surface area contributed by atoms with Crippen LogP contribution in [0.1, 0.15) is 112 Å². The molecular formula is C45H56N2O4.